The van der Waals surface area contributed by atoms with E-state index in [-0.39, 0.29) is 0 Å². The molecule has 0 saturated heterocycles. The van der Waals surface area contributed by atoms with Crippen molar-refractivity contribution >= 4 is 34.3 Å². The first-order valence-electron chi connectivity index (χ1n) is 4.14. The average molecular weight is 245 g/mol. The zero-order chi connectivity index (χ0) is 9.97. The summed E-state index contributed by atoms with van der Waals surface area (Å²) in [4.78, 5) is 6.73. The van der Waals surface area contributed by atoms with Gasteiger partial charge in [-0.3, -0.25) is 0 Å². The molecule has 0 unspecified atom stereocenters. The van der Waals surface area contributed by atoms with E-state index in [1.807, 2.05) is 25.4 Å². The van der Waals surface area contributed by atoms with Crippen LogP contribution in [0.5, 0.6) is 0 Å². The number of hydrogen-bond donors (Lipinski definition) is 1. The normalized spacial score (nSPS) is 10.7. The van der Waals surface area contributed by atoms with Gasteiger partial charge in [-0.1, -0.05) is 11.6 Å². The Bertz CT molecular complexity index is 422. The molecule has 0 aliphatic rings. The molecule has 2 heterocycles. The van der Waals surface area contributed by atoms with E-state index in [0.717, 1.165) is 20.8 Å². The molecule has 1 N–H and O–H groups in total. The van der Waals surface area contributed by atoms with Crippen LogP contribution in [0.2, 0.25) is 4.34 Å². The van der Waals surface area contributed by atoms with Gasteiger partial charge in [0.2, 0.25) is 0 Å². The molecule has 2 aromatic rings. The minimum absolute atomic E-state index is 0.811. The largest absolute Gasteiger partial charge is 0.315 e. The number of hydrogen-bond acceptors (Lipinski definition) is 4. The lowest BCUT2D eigenvalue weighted by atomic mass is 10.5. The monoisotopic (exact) mass is 244 g/mol. The van der Waals surface area contributed by atoms with Gasteiger partial charge in [0.1, 0.15) is 5.01 Å². The summed E-state index contributed by atoms with van der Waals surface area (Å²) in [6, 6.07) is 3.91. The summed E-state index contributed by atoms with van der Waals surface area (Å²) in [7, 11) is 1.93. The maximum absolute atomic E-state index is 5.86. The van der Waals surface area contributed by atoms with Crippen LogP contribution in [0.1, 0.15) is 4.88 Å². The van der Waals surface area contributed by atoms with E-state index >= 15 is 0 Å². The number of aromatic nitrogens is 1. The van der Waals surface area contributed by atoms with E-state index in [4.69, 9.17) is 11.6 Å². The molecule has 0 aliphatic heterocycles. The zero-order valence-corrected chi connectivity index (χ0v) is 9.97. The third kappa shape index (κ3) is 2.15. The fourth-order valence-electron chi connectivity index (χ4n) is 1.11. The molecule has 0 fully saturated rings. The lowest BCUT2D eigenvalue weighted by Crippen LogP contribution is -2.02. The van der Waals surface area contributed by atoms with Crippen molar-refractivity contribution in [3.63, 3.8) is 0 Å². The Labute approximate surface area is 95.6 Å². The van der Waals surface area contributed by atoms with Crippen LogP contribution in [-0.2, 0) is 6.54 Å². The Balaban J connectivity index is 2.24. The Hall–Kier alpha value is -0.420. The number of rotatable bonds is 3. The first-order chi connectivity index (χ1) is 6.79. The molecule has 74 valence electrons. The van der Waals surface area contributed by atoms with Crippen molar-refractivity contribution in [2.45, 2.75) is 6.54 Å². The molecule has 0 atom stereocenters. The summed E-state index contributed by atoms with van der Waals surface area (Å²) < 4.78 is 0.811. The second-order valence-corrected chi connectivity index (χ2v) is 5.60. The summed E-state index contributed by atoms with van der Waals surface area (Å²) in [5, 5.41) is 4.15. The molecule has 0 aliphatic carbocycles. The zero-order valence-electron chi connectivity index (χ0n) is 7.58. The molecule has 0 radical (unpaired) electrons. The van der Waals surface area contributed by atoms with Crippen LogP contribution in [0.4, 0.5) is 0 Å². The summed E-state index contributed by atoms with van der Waals surface area (Å²) in [6.45, 7) is 0.872. The second-order valence-electron chi connectivity index (χ2n) is 2.77. The predicted octanol–water partition coefficient (Wildman–Crippen LogP) is 3.24. The minimum Gasteiger partial charge on any atom is -0.315 e. The smallest absolute Gasteiger partial charge is 0.133 e. The predicted molar refractivity (Wildman–Crippen MR) is 63.2 cm³/mol. The van der Waals surface area contributed by atoms with Gasteiger partial charge in [0.05, 0.1) is 9.21 Å². The van der Waals surface area contributed by atoms with E-state index in [9.17, 15) is 0 Å². The maximum atomic E-state index is 5.86. The molecule has 14 heavy (non-hydrogen) atoms. The minimum atomic E-state index is 0.811. The van der Waals surface area contributed by atoms with Gasteiger partial charge in [-0.05, 0) is 19.2 Å². The number of nitrogens with zero attached hydrogens (tertiary/aromatic N) is 1. The average Bonchev–Trinajstić information content (AvgIpc) is 2.74. The van der Waals surface area contributed by atoms with Crippen LogP contribution in [-0.4, -0.2) is 12.0 Å². The van der Waals surface area contributed by atoms with Gasteiger partial charge in [0.25, 0.3) is 0 Å². The van der Waals surface area contributed by atoms with Gasteiger partial charge in [-0.2, -0.15) is 0 Å². The quantitative estimate of drug-likeness (QED) is 0.897. The number of thiazole rings is 1. The van der Waals surface area contributed by atoms with E-state index in [0.29, 0.717) is 0 Å². The van der Waals surface area contributed by atoms with Crippen LogP contribution in [0.15, 0.2) is 18.3 Å². The van der Waals surface area contributed by atoms with Gasteiger partial charge in [0, 0.05) is 17.6 Å². The molecule has 2 aromatic heterocycles. The molecule has 2 rings (SSSR count). The van der Waals surface area contributed by atoms with Crippen LogP contribution in [0, 0.1) is 0 Å². The topological polar surface area (TPSA) is 24.9 Å². The van der Waals surface area contributed by atoms with Gasteiger partial charge < -0.3 is 5.32 Å². The molecule has 0 bridgehead atoms. The first kappa shape index (κ1) is 10.1. The molecule has 0 spiro atoms. The molecule has 0 aromatic carbocycles. The molecular formula is C9H9ClN2S2. The number of thiophene rings is 1. The van der Waals surface area contributed by atoms with Gasteiger partial charge in [0.15, 0.2) is 0 Å². The lowest BCUT2D eigenvalue weighted by molar-refractivity contribution is 0.829. The maximum Gasteiger partial charge on any atom is 0.133 e. The standard InChI is InChI=1S/C9H9ClN2S2/c1-11-4-6-5-12-9(13-6)7-2-3-8(10)14-7/h2-3,5,11H,4H2,1H3. The lowest BCUT2D eigenvalue weighted by Gasteiger charge is -1.90. The van der Waals surface area contributed by atoms with Crippen molar-refractivity contribution in [3.8, 4) is 9.88 Å². The summed E-state index contributed by atoms with van der Waals surface area (Å²) in [5.41, 5.74) is 0. The fraction of sp³-hybridized carbons (Fsp3) is 0.222. The molecular weight excluding hydrogens is 236 g/mol. The number of nitrogens with one attached hydrogen (secondary N) is 1. The highest BCUT2D eigenvalue weighted by Gasteiger charge is 2.06. The van der Waals surface area contributed by atoms with Gasteiger partial charge >= 0.3 is 0 Å². The Kier molecular flexibility index (Phi) is 3.18. The Morgan fingerprint density at radius 2 is 2.29 bits per heavy atom. The van der Waals surface area contributed by atoms with Crippen LogP contribution in [0.3, 0.4) is 0 Å². The van der Waals surface area contributed by atoms with Crippen LogP contribution < -0.4 is 5.32 Å². The van der Waals surface area contributed by atoms with Crippen LogP contribution in [0.25, 0.3) is 9.88 Å². The SMILES string of the molecule is CNCc1cnc(-c2ccc(Cl)s2)s1. The Morgan fingerprint density at radius 1 is 1.43 bits per heavy atom. The second kappa shape index (κ2) is 4.40. The van der Waals surface area contributed by atoms with Crippen molar-refractivity contribution in [3.05, 3.63) is 27.5 Å². The third-order valence-corrected chi connectivity index (χ3v) is 4.09. The number of halogens is 1. The van der Waals surface area contributed by atoms with Gasteiger partial charge in [-0.25, -0.2) is 4.98 Å². The molecule has 5 heteroatoms. The highest BCUT2D eigenvalue weighted by molar-refractivity contribution is 7.23. The highest BCUT2D eigenvalue weighted by atomic mass is 35.5. The van der Waals surface area contributed by atoms with E-state index < -0.39 is 0 Å². The third-order valence-electron chi connectivity index (χ3n) is 1.69. The molecule has 0 amide bonds. The van der Waals surface area contributed by atoms with E-state index in [1.165, 1.54) is 4.88 Å². The van der Waals surface area contributed by atoms with Crippen molar-refractivity contribution in [1.29, 1.82) is 0 Å². The van der Waals surface area contributed by atoms with Gasteiger partial charge in [-0.15, -0.1) is 22.7 Å². The summed E-state index contributed by atoms with van der Waals surface area (Å²) >= 11 is 9.13. The Morgan fingerprint density at radius 3 is 2.93 bits per heavy atom. The van der Waals surface area contributed by atoms with Crippen molar-refractivity contribution in [2.75, 3.05) is 7.05 Å². The van der Waals surface area contributed by atoms with E-state index in [2.05, 4.69) is 10.3 Å². The van der Waals surface area contributed by atoms with Crippen molar-refractivity contribution < 1.29 is 0 Å². The van der Waals surface area contributed by atoms with E-state index in [1.54, 1.807) is 22.7 Å². The summed E-state index contributed by atoms with van der Waals surface area (Å²) in [6.07, 6.45) is 1.91. The van der Waals surface area contributed by atoms with Crippen molar-refractivity contribution in [1.82, 2.24) is 10.3 Å². The summed E-state index contributed by atoms with van der Waals surface area (Å²) in [5.74, 6) is 0. The van der Waals surface area contributed by atoms with Crippen LogP contribution >= 0.6 is 34.3 Å². The highest BCUT2D eigenvalue weighted by Crippen LogP contribution is 2.33. The first-order valence-corrected chi connectivity index (χ1v) is 6.15. The fourth-order valence-corrected chi connectivity index (χ4v) is 3.14. The molecule has 2 nitrogen and oxygen atoms in total. The van der Waals surface area contributed by atoms with Crippen molar-refractivity contribution in [2.24, 2.45) is 0 Å². The molecule has 0 saturated carbocycles.